The second-order valence-electron chi connectivity index (χ2n) is 4.62. The third kappa shape index (κ3) is 1.81. The molecule has 1 aliphatic carbocycles. The highest BCUT2D eigenvalue weighted by Crippen LogP contribution is 2.44. The molecule has 0 aromatic heterocycles. The molecule has 0 spiro atoms. The standard InChI is InChI=1S/C12H12ClF3/c1-12(5-4-7(13)6-12)8-2-3-9(14)11(16)10(8)15/h2-3,7H,4-6H2,1H3. The number of halogens is 4. The Morgan fingerprint density at radius 1 is 1.25 bits per heavy atom. The van der Waals surface area contributed by atoms with Crippen LogP contribution >= 0.6 is 11.6 Å². The zero-order chi connectivity index (χ0) is 11.9. The number of hydrogen-bond donors (Lipinski definition) is 0. The van der Waals surface area contributed by atoms with Crippen molar-refractivity contribution in [2.45, 2.75) is 37.0 Å². The van der Waals surface area contributed by atoms with E-state index >= 15 is 0 Å². The Bertz CT molecular complexity index is 419. The quantitative estimate of drug-likeness (QED) is 0.517. The van der Waals surface area contributed by atoms with E-state index in [-0.39, 0.29) is 10.9 Å². The molecule has 88 valence electrons. The molecule has 1 fully saturated rings. The first-order chi connectivity index (χ1) is 7.44. The van der Waals surface area contributed by atoms with E-state index in [0.29, 0.717) is 12.8 Å². The van der Waals surface area contributed by atoms with Crippen molar-refractivity contribution < 1.29 is 13.2 Å². The molecule has 2 unspecified atom stereocenters. The zero-order valence-electron chi connectivity index (χ0n) is 8.87. The van der Waals surface area contributed by atoms with Crippen LogP contribution in [0.25, 0.3) is 0 Å². The van der Waals surface area contributed by atoms with Crippen molar-refractivity contribution in [3.63, 3.8) is 0 Å². The summed E-state index contributed by atoms with van der Waals surface area (Å²) in [6.07, 6.45) is 2.07. The highest BCUT2D eigenvalue weighted by atomic mass is 35.5. The number of hydrogen-bond acceptors (Lipinski definition) is 0. The summed E-state index contributed by atoms with van der Waals surface area (Å²) >= 11 is 5.98. The van der Waals surface area contributed by atoms with Crippen LogP contribution in [-0.2, 0) is 5.41 Å². The van der Waals surface area contributed by atoms with E-state index < -0.39 is 22.9 Å². The molecule has 2 atom stereocenters. The summed E-state index contributed by atoms with van der Waals surface area (Å²) < 4.78 is 39.6. The number of rotatable bonds is 1. The van der Waals surface area contributed by atoms with Gasteiger partial charge in [0, 0.05) is 5.38 Å². The molecule has 1 aromatic carbocycles. The van der Waals surface area contributed by atoms with Crippen molar-refractivity contribution >= 4 is 11.6 Å². The van der Waals surface area contributed by atoms with Gasteiger partial charge in [-0.25, -0.2) is 13.2 Å². The molecule has 0 N–H and O–H groups in total. The van der Waals surface area contributed by atoms with E-state index in [0.717, 1.165) is 12.5 Å². The van der Waals surface area contributed by atoms with E-state index in [2.05, 4.69) is 0 Å². The van der Waals surface area contributed by atoms with Gasteiger partial charge in [-0.05, 0) is 36.3 Å². The first-order valence-electron chi connectivity index (χ1n) is 5.22. The van der Waals surface area contributed by atoms with E-state index in [1.807, 2.05) is 6.92 Å². The van der Waals surface area contributed by atoms with Crippen molar-refractivity contribution in [2.24, 2.45) is 0 Å². The molecule has 0 bridgehead atoms. The molecule has 0 nitrogen and oxygen atoms in total. The molecule has 1 saturated carbocycles. The first-order valence-corrected chi connectivity index (χ1v) is 5.66. The van der Waals surface area contributed by atoms with Crippen LogP contribution in [0.5, 0.6) is 0 Å². The molecule has 2 rings (SSSR count). The summed E-state index contributed by atoms with van der Waals surface area (Å²) in [6, 6.07) is 2.29. The normalized spacial score (nSPS) is 29.7. The largest absolute Gasteiger partial charge is 0.204 e. The smallest absolute Gasteiger partial charge is 0.194 e. The first kappa shape index (κ1) is 11.8. The van der Waals surface area contributed by atoms with Crippen LogP contribution in [0.3, 0.4) is 0 Å². The van der Waals surface area contributed by atoms with Gasteiger partial charge in [-0.15, -0.1) is 11.6 Å². The van der Waals surface area contributed by atoms with Crippen LogP contribution in [0.1, 0.15) is 31.7 Å². The van der Waals surface area contributed by atoms with Crippen molar-refractivity contribution in [3.05, 3.63) is 35.1 Å². The zero-order valence-corrected chi connectivity index (χ0v) is 9.62. The van der Waals surface area contributed by atoms with Crippen LogP contribution < -0.4 is 0 Å². The van der Waals surface area contributed by atoms with Gasteiger partial charge in [-0.3, -0.25) is 0 Å². The van der Waals surface area contributed by atoms with Crippen LogP contribution in [-0.4, -0.2) is 5.38 Å². The Hall–Kier alpha value is -0.700. The molecule has 1 aliphatic rings. The fraction of sp³-hybridized carbons (Fsp3) is 0.500. The summed E-state index contributed by atoms with van der Waals surface area (Å²) in [5.74, 6) is -3.62. The minimum absolute atomic E-state index is 0.0162. The minimum Gasteiger partial charge on any atom is -0.204 e. The SMILES string of the molecule is CC1(c2ccc(F)c(F)c2F)CCC(Cl)C1. The molecule has 0 saturated heterocycles. The summed E-state index contributed by atoms with van der Waals surface area (Å²) in [5.41, 5.74) is -0.250. The Morgan fingerprint density at radius 2 is 1.94 bits per heavy atom. The van der Waals surface area contributed by atoms with Gasteiger partial charge in [-0.1, -0.05) is 13.0 Å². The van der Waals surface area contributed by atoms with Gasteiger partial charge in [-0.2, -0.15) is 0 Å². The molecular formula is C12H12ClF3. The second kappa shape index (κ2) is 3.95. The van der Waals surface area contributed by atoms with Crippen LogP contribution in [0.15, 0.2) is 12.1 Å². The minimum atomic E-state index is -1.39. The van der Waals surface area contributed by atoms with Gasteiger partial charge in [0.25, 0.3) is 0 Å². The van der Waals surface area contributed by atoms with Crippen molar-refractivity contribution in [1.29, 1.82) is 0 Å². The van der Waals surface area contributed by atoms with E-state index in [4.69, 9.17) is 11.6 Å². The van der Waals surface area contributed by atoms with Gasteiger partial charge in [0.15, 0.2) is 17.5 Å². The predicted octanol–water partition coefficient (Wildman–Crippen LogP) is 4.15. The fourth-order valence-corrected chi connectivity index (χ4v) is 2.85. The van der Waals surface area contributed by atoms with Gasteiger partial charge in [0.2, 0.25) is 0 Å². The average molecular weight is 249 g/mol. The number of benzene rings is 1. The van der Waals surface area contributed by atoms with Crippen molar-refractivity contribution in [2.75, 3.05) is 0 Å². The van der Waals surface area contributed by atoms with Crippen LogP contribution in [0.4, 0.5) is 13.2 Å². The summed E-state index contributed by atoms with van der Waals surface area (Å²) in [4.78, 5) is 0. The third-order valence-corrected chi connectivity index (χ3v) is 3.74. The average Bonchev–Trinajstić information content (AvgIpc) is 2.56. The molecule has 4 heteroatoms. The predicted molar refractivity (Wildman–Crippen MR) is 57.2 cm³/mol. The maximum atomic E-state index is 13.6. The molecule has 1 aromatic rings. The summed E-state index contributed by atoms with van der Waals surface area (Å²) in [5, 5.41) is -0.0162. The topological polar surface area (TPSA) is 0 Å². The van der Waals surface area contributed by atoms with Gasteiger partial charge in [0.1, 0.15) is 0 Å². The van der Waals surface area contributed by atoms with E-state index in [9.17, 15) is 13.2 Å². The van der Waals surface area contributed by atoms with Crippen LogP contribution in [0, 0.1) is 17.5 Å². The van der Waals surface area contributed by atoms with Gasteiger partial charge in [0.05, 0.1) is 0 Å². The van der Waals surface area contributed by atoms with Gasteiger partial charge < -0.3 is 0 Å². The molecule has 0 heterocycles. The maximum Gasteiger partial charge on any atom is 0.194 e. The highest BCUT2D eigenvalue weighted by molar-refractivity contribution is 6.20. The lowest BCUT2D eigenvalue weighted by Gasteiger charge is -2.25. The molecular weight excluding hydrogens is 237 g/mol. The molecule has 0 aliphatic heterocycles. The Balaban J connectivity index is 2.45. The summed E-state index contributed by atoms with van der Waals surface area (Å²) in [7, 11) is 0. The lowest BCUT2D eigenvalue weighted by atomic mass is 9.80. The van der Waals surface area contributed by atoms with E-state index in [1.165, 1.54) is 6.07 Å². The Kier molecular flexibility index (Phi) is 2.91. The Labute approximate surface area is 97.4 Å². The van der Waals surface area contributed by atoms with Crippen molar-refractivity contribution in [1.82, 2.24) is 0 Å². The highest BCUT2D eigenvalue weighted by Gasteiger charge is 2.38. The molecule has 0 amide bonds. The summed E-state index contributed by atoms with van der Waals surface area (Å²) in [6.45, 7) is 1.84. The Morgan fingerprint density at radius 3 is 2.50 bits per heavy atom. The van der Waals surface area contributed by atoms with E-state index in [1.54, 1.807) is 0 Å². The maximum absolute atomic E-state index is 13.6. The molecule has 0 radical (unpaired) electrons. The fourth-order valence-electron chi connectivity index (χ4n) is 2.40. The number of alkyl halides is 1. The lowest BCUT2D eigenvalue weighted by molar-refractivity contribution is 0.405. The lowest BCUT2D eigenvalue weighted by Crippen LogP contribution is -2.20. The second-order valence-corrected chi connectivity index (χ2v) is 5.24. The van der Waals surface area contributed by atoms with Crippen LogP contribution in [0.2, 0.25) is 0 Å². The van der Waals surface area contributed by atoms with Crippen molar-refractivity contribution in [3.8, 4) is 0 Å². The molecule has 16 heavy (non-hydrogen) atoms. The monoisotopic (exact) mass is 248 g/mol. The van der Waals surface area contributed by atoms with Gasteiger partial charge >= 0.3 is 0 Å². The third-order valence-electron chi connectivity index (χ3n) is 3.37.